The molecule has 2 aromatic rings. The van der Waals surface area contributed by atoms with E-state index in [0.717, 1.165) is 5.56 Å². The summed E-state index contributed by atoms with van der Waals surface area (Å²) in [6.07, 6.45) is -4.50. The van der Waals surface area contributed by atoms with Gasteiger partial charge in [-0.05, 0) is 35.4 Å². The van der Waals surface area contributed by atoms with Crippen LogP contribution in [0.3, 0.4) is 0 Å². The quantitative estimate of drug-likeness (QED) is 0.602. The van der Waals surface area contributed by atoms with Crippen LogP contribution in [-0.4, -0.2) is 57.6 Å². The number of rotatable bonds is 4. The zero-order valence-corrected chi connectivity index (χ0v) is 15.5. The number of benzene rings is 2. The van der Waals surface area contributed by atoms with Gasteiger partial charge in [0.05, 0.1) is 13.2 Å². The molecular weight excluding hydrogens is 391 g/mol. The second-order valence-corrected chi connectivity index (χ2v) is 7.71. The SMILES string of the molecule is OC[C@@]12CO[C@](c3ccc(F)c(Cc4ccc(Cl)cc4)c3)(O1)[C@@H](O)[C@@H](O)[C@@H]2O. The number of aliphatic hydroxyl groups is 4. The highest BCUT2D eigenvalue weighted by atomic mass is 35.5. The fourth-order valence-electron chi connectivity index (χ4n) is 3.82. The molecule has 6 nitrogen and oxygen atoms in total. The minimum Gasteiger partial charge on any atom is -0.393 e. The number of ether oxygens (including phenoxy) is 2. The summed E-state index contributed by atoms with van der Waals surface area (Å²) in [5, 5.41) is 41.3. The molecule has 0 radical (unpaired) electrons. The van der Waals surface area contributed by atoms with Crippen LogP contribution in [0.5, 0.6) is 0 Å². The van der Waals surface area contributed by atoms with E-state index in [2.05, 4.69) is 0 Å². The molecule has 0 unspecified atom stereocenters. The van der Waals surface area contributed by atoms with Crippen molar-refractivity contribution in [3.8, 4) is 0 Å². The molecule has 2 aliphatic rings. The minimum atomic E-state index is -1.82. The molecule has 2 aliphatic heterocycles. The average Bonchev–Trinajstić information content (AvgIpc) is 3.08. The van der Waals surface area contributed by atoms with Crippen molar-refractivity contribution in [2.24, 2.45) is 0 Å². The van der Waals surface area contributed by atoms with Crippen LogP contribution in [0.2, 0.25) is 5.02 Å². The Morgan fingerprint density at radius 3 is 2.46 bits per heavy atom. The Balaban J connectivity index is 1.72. The molecule has 2 heterocycles. The van der Waals surface area contributed by atoms with Crippen molar-refractivity contribution in [3.63, 3.8) is 0 Å². The van der Waals surface area contributed by atoms with Crippen molar-refractivity contribution < 1.29 is 34.3 Å². The van der Waals surface area contributed by atoms with E-state index < -0.39 is 42.1 Å². The Morgan fingerprint density at radius 1 is 1.07 bits per heavy atom. The Bertz CT molecular complexity index is 877. The summed E-state index contributed by atoms with van der Waals surface area (Å²) < 4.78 is 25.9. The van der Waals surface area contributed by atoms with Gasteiger partial charge in [-0.25, -0.2) is 4.39 Å². The number of hydrogen-bond acceptors (Lipinski definition) is 6. The molecule has 2 fully saturated rings. The van der Waals surface area contributed by atoms with Crippen LogP contribution in [0.25, 0.3) is 0 Å². The Morgan fingerprint density at radius 2 is 1.79 bits per heavy atom. The van der Waals surface area contributed by atoms with Crippen LogP contribution < -0.4 is 0 Å². The van der Waals surface area contributed by atoms with E-state index in [1.54, 1.807) is 24.3 Å². The summed E-state index contributed by atoms with van der Waals surface area (Å²) in [6, 6.07) is 11.1. The van der Waals surface area contributed by atoms with Gasteiger partial charge in [0.2, 0.25) is 5.79 Å². The molecule has 0 aliphatic carbocycles. The maximum Gasteiger partial charge on any atom is 0.225 e. The van der Waals surface area contributed by atoms with Crippen LogP contribution in [0.15, 0.2) is 42.5 Å². The third-order valence-corrected chi connectivity index (χ3v) is 5.74. The van der Waals surface area contributed by atoms with E-state index >= 15 is 0 Å². The highest BCUT2D eigenvalue weighted by Crippen LogP contribution is 2.49. The summed E-state index contributed by atoms with van der Waals surface area (Å²) >= 11 is 5.88. The predicted octanol–water partition coefficient (Wildman–Crippen LogP) is 1.10. The molecule has 4 rings (SSSR count). The highest BCUT2D eigenvalue weighted by Gasteiger charge is 2.67. The average molecular weight is 411 g/mol. The van der Waals surface area contributed by atoms with Gasteiger partial charge in [0.1, 0.15) is 29.7 Å². The van der Waals surface area contributed by atoms with Crippen molar-refractivity contribution in [2.45, 2.75) is 36.1 Å². The van der Waals surface area contributed by atoms with E-state index in [-0.39, 0.29) is 18.6 Å². The lowest BCUT2D eigenvalue weighted by Gasteiger charge is -2.45. The number of aliphatic hydroxyl groups excluding tert-OH is 4. The molecular formula is C20H20ClFO6. The zero-order chi connectivity index (χ0) is 20.1. The summed E-state index contributed by atoms with van der Waals surface area (Å²) in [5.41, 5.74) is -0.124. The van der Waals surface area contributed by atoms with Gasteiger partial charge >= 0.3 is 0 Å². The van der Waals surface area contributed by atoms with E-state index in [1.807, 2.05) is 0 Å². The summed E-state index contributed by atoms with van der Waals surface area (Å²) in [6.45, 7) is -0.846. The molecule has 2 bridgehead atoms. The van der Waals surface area contributed by atoms with Crippen LogP contribution in [0.4, 0.5) is 4.39 Å². The molecule has 4 N–H and O–H groups in total. The second kappa shape index (κ2) is 7.03. The lowest BCUT2D eigenvalue weighted by Crippen LogP contribution is -2.65. The molecule has 0 saturated carbocycles. The van der Waals surface area contributed by atoms with Gasteiger partial charge in [-0.1, -0.05) is 29.8 Å². The summed E-state index contributed by atoms with van der Waals surface area (Å²) in [5.74, 6) is -2.27. The number of hydrogen-bond donors (Lipinski definition) is 4. The van der Waals surface area contributed by atoms with Crippen molar-refractivity contribution in [2.75, 3.05) is 13.2 Å². The third-order valence-electron chi connectivity index (χ3n) is 5.48. The smallest absolute Gasteiger partial charge is 0.225 e. The van der Waals surface area contributed by atoms with Crippen LogP contribution in [0.1, 0.15) is 16.7 Å². The van der Waals surface area contributed by atoms with E-state index in [4.69, 9.17) is 21.1 Å². The van der Waals surface area contributed by atoms with E-state index in [1.165, 1.54) is 18.2 Å². The molecule has 0 spiro atoms. The normalized spacial score (nSPS) is 34.6. The fourth-order valence-corrected chi connectivity index (χ4v) is 3.95. The van der Waals surface area contributed by atoms with Gasteiger partial charge in [0.25, 0.3) is 0 Å². The highest BCUT2D eigenvalue weighted by molar-refractivity contribution is 6.30. The lowest BCUT2D eigenvalue weighted by molar-refractivity contribution is -0.329. The topological polar surface area (TPSA) is 99.4 Å². The van der Waals surface area contributed by atoms with Crippen LogP contribution in [0, 0.1) is 5.82 Å². The van der Waals surface area contributed by atoms with E-state index in [0.29, 0.717) is 10.6 Å². The fraction of sp³-hybridized carbons (Fsp3) is 0.400. The first-order chi connectivity index (χ1) is 13.3. The molecule has 0 amide bonds. The Kier molecular flexibility index (Phi) is 4.96. The maximum atomic E-state index is 14.4. The molecule has 8 heteroatoms. The molecule has 0 aromatic heterocycles. The van der Waals surface area contributed by atoms with E-state index in [9.17, 15) is 24.8 Å². The van der Waals surface area contributed by atoms with Crippen molar-refractivity contribution in [1.82, 2.24) is 0 Å². The van der Waals surface area contributed by atoms with Gasteiger partial charge in [0.15, 0.2) is 0 Å². The molecule has 2 saturated heterocycles. The first-order valence-electron chi connectivity index (χ1n) is 8.84. The van der Waals surface area contributed by atoms with Gasteiger partial charge in [-0.15, -0.1) is 0 Å². The van der Waals surface area contributed by atoms with Gasteiger partial charge in [0, 0.05) is 17.0 Å². The summed E-state index contributed by atoms with van der Waals surface area (Å²) in [7, 11) is 0. The van der Waals surface area contributed by atoms with Gasteiger partial charge < -0.3 is 29.9 Å². The third kappa shape index (κ3) is 2.95. The molecule has 2 aromatic carbocycles. The van der Waals surface area contributed by atoms with Crippen molar-refractivity contribution >= 4 is 11.6 Å². The number of fused-ring (bicyclic) bond motifs is 2. The van der Waals surface area contributed by atoms with Gasteiger partial charge in [-0.3, -0.25) is 0 Å². The first kappa shape index (κ1) is 19.7. The van der Waals surface area contributed by atoms with Crippen molar-refractivity contribution in [3.05, 3.63) is 70.0 Å². The second-order valence-electron chi connectivity index (χ2n) is 7.27. The number of halogens is 2. The largest absolute Gasteiger partial charge is 0.393 e. The monoisotopic (exact) mass is 410 g/mol. The Labute approximate surface area is 165 Å². The molecule has 5 atom stereocenters. The lowest BCUT2D eigenvalue weighted by atomic mass is 9.83. The molecule has 150 valence electrons. The van der Waals surface area contributed by atoms with Crippen LogP contribution >= 0.6 is 11.6 Å². The van der Waals surface area contributed by atoms with Gasteiger partial charge in [-0.2, -0.15) is 0 Å². The standard InChI is InChI=1S/C20H20ClFO6/c21-14-4-1-11(2-5-14)7-12-8-13(3-6-15(12)22)20-18(26)16(24)17(25)19(9-23,28-20)10-27-20/h1-6,8,16-18,23-26H,7,9-10H2/t16-,17-,18-,19-,20+/m0/s1. The minimum absolute atomic E-state index is 0.233. The first-order valence-corrected chi connectivity index (χ1v) is 9.22. The van der Waals surface area contributed by atoms with Crippen LogP contribution in [-0.2, 0) is 21.7 Å². The van der Waals surface area contributed by atoms with Crippen molar-refractivity contribution in [1.29, 1.82) is 0 Å². The summed E-state index contributed by atoms with van der Waals surface area (Å²) in [4.78, 5) is 0. The molecule has 28 heavy (non-hydrogen) atoms. The Hall–Kier alpha value is -1.58. The zero-order valence-electron chi connectivity index (χ0n) is 14.8. The predicted molar refractivity (Wildman–Crippen MR) is 97.2 cm³/mol. The maximum absolute atomic E-state index is 14.4.